The summed E-state index contributed by atoms with van der Waals surface area (Å²) in [5.41, 5.74) is 0.516. The quantitative estimate of drug-likeness (QED) is 0.632. The van der Waals surface area contributed by atoms with Crippen molar-refractivity contribution >= 4 is 11.9 Å². The smallest absolute Gasteiger partial charge is 0.338 e. The van der Waals surface area contributed by atoms with Crippen molar-refractivity contribution in [1.29, 1.82) is 0 Å². The summed E-state index contributed by atoms with van der Waals surface area (Å²) in [7, 11) is 5.72. The number of hydrogen-bond acceptors (Lipinski definition) is 4. The molecule has 124 valence electrons. The van der Waals surface area contributed by atoms with E-state index >= 15 is 0 Å². The lowest BCUT2D eigenvalue weighted by Gasteiger charge is -2.47. The third-order valence-electron chi connectivity index (χ3n) is 5.65. The molecule has 1 aromatic carbocycles. The molecule has 5 heteroatoms. The molecule has 4 atom stereocenters. The van der Waals surface area contributed by atoms with Crippen LogP contribution in [0.15, 0.2) is 30.3 Å². The fraction of sp³-hybridized carbons (Fsp3) is 0.556. The second-order valence-corrected chi connectivity index (χ2v) is 7.02. The van der Waals surface area contributed by atoms with E-state index < -0.39 is 6.10 Å². The van der Waals surface area contributed by atoms with E-state index in [2.05, 4.69) is 14.1 Å². The summed E-state index contributed by atoms with van der Waals surface area (Å²) in [6, 6.07) is 9.50. The number of hydrogen-bond donors (Lipinski definition) is 0. The van der Waals surface area contributed by atoms with Crippen LogP contribution in [-0.2, 0) is 14.3 Å². The van der Waals surface area contributed by atoms with Crippen molar-refractivity contribution in [3.63, 3.8) is 0 Å². The monoisotopic (exact) mass is 318 g/mol. The molecular formula is C18H24NO4+. The molecule has 0 unspecified atom stereocenters. The van der Waals surface area contributed by atoms with Crippen LogP contribution in [0.5, 0.6) is 0 Å². The molecule has 23 heavy (non-hydrogen) atoms. The first kappa shape index (κ1) is 16.0. The SMILES string of the molecule is COC(=O)[C@@H]1[C@H](OC(=O)c2ccccc2)C[C@@H]2CC[C@@H]1[N+]2(C)C. The van der Waals surface area contributed by atoms with Crippen LogP contribution in [0.3, 0.4) is 0 Å². The van der Waals surface area contributed by atoms with Crippen molar-refractivity contribution < 1.29 is 23.5 Å². The van der Waals surface area contributed by atoms with Gasteiger partial charge in [-0.15, -0.1) is 0 Å². The molecule has 0 radical (unpaired) electrons. The minimum absolute atomic E-state index is 0.148. The maximum absolute atomic E-state index is 12.4. The normalized spacial score (nSPS) is 31.4. The van der Waals surface area contributed by atoms with Gasteiger partial charge in [-0.3, -0.25) is 4.79 Å². The molecule has 3 rings (SSSR count). The maximum Gasteiger partial charge on any atom is 0.338 e. The van der Waals surface area contributed by atoms with E-state index in [0.29, 0.717) is 18.0 Å². The molecule has 2 fully saturated rings. The number of esters is 2. The Hall–Kier alpha value is -1.88. The Balaban J connectivity index is 1.83. The van der Waals surface area contributed by atoms with Gasteiger partial charge in [0.1, 0.15) is 18.1 Å². The van der Waals surface area contributed by atoms with Crippen LogP contribution in [0.1, 0.15) is 29.6 Å². The lowest BCUT2D eigenvalue weighted by atomic mass is 9.85. The number of quaternary nitrogens is 1. The summed E-state index contributed by atoms with van der Waals surface area (Å²) in [5, 5.41) is 0. The molecule has 1 aromatic rings. The molecule has 0 aromatic heterocycles. The van der Waals surface area contributed by atoms with Crippen molar-refractivity contribution in [2.75, 3.05) is 21.2 Å². The predicted octanol–water partition coefficient (Wildman–Crippen LogP) is 2.01. The number of ether oxygens (including phenoxy) is 2. The molecular weight excluding hydrogens is 294 g/mol. The Morgan fingerprint density at radius 2 is 1.83 bits per heavy atom. The van der Waals surface area contributed by atoms with Gasteiger partial charge in [-0.2, -0.15) is 0 Å². The van der Waals surface area contributed by atoms with Gasteiger partial charge in [-0.1, -0.05) is 18.2 Å². The maximum atomic E-state index is 12.4. The first-order valence-corrected chi connectivity index (χ1v) is 8.12. The van der Waals surface area contributed by atoms with E-state index in [-0.39, 0.29) is 23.9 Å². The average Bonchev–Trinajstić information content (AvgIpc) is 2.73. The number of piperidine rings is 1. The average molecular weight is 318 g/mol. The Morgan fingerprint density at radius 3 is 2.48 bits per heavy atom. The molecule has 2 bridgehead atoms. The first-order valence-electron chi connectivity index (χ1n) is 8.12. The summed E-state index contributed by atoms with van der Waals surface area (Å²) >= 11 is 0. The zero-order valence-corrected chi connectivity index (χ0v) is 13.9. The predicted molar refractivity (Wildman–Crippen MR) is 84.7 cm³/mol. The highest BCUT2D eigenvalue weighted by Gasteiger charge is 2.58. The highest BCUT2D eigenvalue weighted by atomic mass is 16.6. The number of rotatable bonds is 3. The van der Waals surface area contributed by atoms with E-state index in [0.717, 1.165) is 17.3 Å². The fourth-order valence-corrected chi connectivity index (χ4v) is 4.29. The molecule has 2 aliphatic heterocycles. The number of fused-ring (bicyclic) bond motifs is 2. The van der Waals surface area contributed by atoms with E-state index in [9.17, 15) is 9.59 Å². The van der Waals surface area contributed by atoms with Crippen molar-refractivity contribution in [2.24, 2.45) is 5.92 Å². The van der Waals surface area contributed by atoms with Gasteiger partial charge in [-0.05, 0) is 12.1 Å². The van der Waals surface area contributed by atoms with Gasteiger partial charge in [0.25, 0.3) is 0 Å². The lowest BCUT2D eigenvalue weighted by molar-refractivity contribution is -0.934. The molecule has 0 amide bonds. The number of benzene rings is 1. The minimum atomic E-state index is -0.404. The topological polar surface area (TPSA) is 52.6 Å². The van der Waals surface area contributed by atoms with Crippen LogP contribution in [0.4, 0.5) is 0 Å². The van der Waals surface area contributed by atoms with Crippen LogP contribution in [0, 0.1) is 5.92 Å². The van der Waals surface area contributed by atoms with Crippen LogP contribution in [0.25, 0.3) is 0 Å². The third-order valence-corrected chi connectivity index (χ3v) is 5.65. The molecule has 0 spiro atoms. The lowest BCUT2D eigenvalue weighted by Crippen LogP contribution is -2.62. The number of carbonyl (C=O) groups excluding carboxylic acids is 2. The number of methoxy groups -OCH3 is 1. The second-order valence-electron chi connectivity index (χ2n) is 7.02. The minimum Gasteiger partial charge on any atom is -0.469 e. The van der Waals surface area contributed by atoms with Gasteiger partial charge < -0.3 is 14.0 Å². The van der Waals surface area contributed by atoms with Crippen LogP contribution < -0.4 is 0 Å². The molecule has 0 aliphatic carbocycles. The van der Waals surface area contributed by atoms with Crippen LogP contribution >= 0.6 is 0 Å². The number of carbonyl (C=O) groups is 2. The van der Waals surface area contributed by atoms with E-state index in [1.54, 1.807) is 24.3 Å². The van der Waals surface area contributed by atoms with Crippen molar-refractivity contribution in [3.8, 4) is 0 Å². The van der Waals surface area contributed by atoms with Gasteiger partial charge in [0.2, 0.25) is 0 Å². The van der Waals surface area contributed by atoms with Gasteiger partial charge >= 0.3 is 11.9 Å². The van der Waals surface area contributed by atoms with Crippen LogP contribution in [-0.4, -0.2) is 55.8 Å². The van der Waals surface area contributed by atoms with E-state index in [4.69, 9.17) is 9.47 Å². The van der Waals surface area contributed by atoms with Gasteiger partial charge in [0.15, 0.2) is 0 Å². The molecule has 2 aliphatic rings. The highest BCUT2D eigenvalue weighted by molar-refractivity contribution is 5.89. The Kier molecular flexibility index (Phi) is 4.15. The molecule has 0 saturated carbocycles. The Morgan fingerprint density at radius 1 is 1.13 bits per heavy atom. The Bertz CT molecular complexity index is 598. The van der Waals surface area contributed by atoms with Gasteiger partial charge in [-0.25, -0.2) is 4.79 Å². The fourth-order valence-electron chi connectivity index (χ4n) is 4.29. The van der Waals surface area contributed by atoms with E-state index in [1.165, 1.54) is 7.11 Å². The summed E-state index contributed by atoms with van der Waals surface area (Å²) in [6.07, 6.45) is 2.34. The molecule has 5 nitrogen and oxygen atoms in total. The zero-order valence-electron chi connectivity index (χ0n) is 13.9. The summed E-state index contributed by atoms with van der Waals surface area (Å²) in [6.45, 7) is 0. The van der Waals surface area contributed by atoms with Crippen molar-refractivity contribution in [2.45, 2.75) is 37.5 Å². The summed E-state index contributed by atoms with van der Waals surface area (Å²) in [4.78, 5) is 24.7. The summed E-state index contributed by atoms with van der Waals surface area (Å²) < 4.78 is 11.6. The molecule has 2 heterocycles. The standard InChI is InChI=1S/C18H24NO4/c1-19(2)13-9-10-14(19)16(18(21)22-3)15(11-13)23-17(20)12-7-5-4-6-8-12/h4-8,13-16H,9-11H2,1-3H3/q+1/t13-,14-,15+,16-/m0/s1. The Labute approximate surface area is 136 Å². The highest BCUT2D eigenvalue weighted by Crippen LogP contribution is 2.44. The summed E-state index contributed by atoms with van der Waals surface area (Å²) in [5.74, 6) is -1.02. The molecule has 2 saturated heterocycles. The zero-order chi connectivity index (χ0) is 16.6. The van der Waals surface area contributed by atoms with Gasteiger partial charge in [0, 0.05) is 19.3 Å². The van der Waals surface area contributed by atoms with Crippen molar-refractivity contribution in [1.82, 2.24) is 0 Å². The van der Waals surface area contributed by atoms with Crippen molar-refractivity contribution in [3.05, 3.63) is 35.9 Å². The first-order chi connectivity index (χ1) is 10.9. The van der Waals surface area contributed by atoms with Crippen LogP contribution in [0.2, 0.25) is 0 Å². The second kappa shape index (κ2) is 5.96. The molecule has 0 N–H and O–H groups in total. The third kappa shape index (κ3) is 2.74. The van der Waals surface area contributed by atoms with E-state index in [1.807, 2.05) is 6.07 Å². The number of nitrogens with zero attached hydrogens (tertiary/aromatic N) is 1. The largest absolute Gasteiger partial charge is 0.469 e. The van der Waals surface area contributed by atoms with Gasteiger partial charge in [0.05, 0.1) is 32.8 Å².